The van der Waals surface area contributed by atoms with Crippen LogP contribution in [0.3, 0.4) is 0 Å². The Kier molecular flexibility index (Phi) is 3.83. The van der Waals surface area contributed by atoms with Gasteiger partial charge in [0.1, 0.15) is 5.75 Å². The second-order valence-corrected chi connectivity index (χ2v) is 4.45. The lowest BCUT2D eigenvalue weighted by Crippen LogP contribution is -2.12. The van der Waals surface area contributed by atoms with Crippen molar-refractivity contribution in [2.45, 2.75) is 45.1 Å². The van der Waals surface area contributed by atoms with Crippen molar-refractivity contribution in [2.24, 2.45) is 0 Å². The predicted octanol–water partition coefficient (Wildman–Crippen LogP) is 3.24. The highest BCUT2D eigenvalue weighted by atomic mass is 16.5. The SMILES string of the molecule is CCCCC(O)c1cccc2c1OCCC2. The molecule has 1 aliphatic heterocycles. The van der Waals surface area contributed by atoms with Gasteiger partial charge in [-0.15, -0.1) is 0 Å². The van der Waals surface area contributed by atoms with E-state index in [-0.39, 0.29) is 6.10 Å². The molecule has 0 spiro atoms. The maximum Gasteiger partial charge on any atom is 0.128 e. The van der Waals surface area contributed by atoms with E-state index in [0.29, 0.717) is 0 Å². The highest BCUT2D eigenvalue weighted by molar-refractivity contribution is 5.43. The highest BCUT2D eigenvalue weighted by Crippen LogP contribution is 2.34. The Bertz CT molecular complexity index is 347. The van der Waals surface area contributed by atoms with Gasteiger partial charge in [0, 0.05) is 5.56 Å². The Morgan fingerprint density at radius 2 is 2.31 bits per heavy atom. The first-order chi connectivity index (χ1) is 7.83. The van der Waals surface area contributed by atoms with E-state index in [2.05, 4.69) is 13.0 Å². The second-order valence-electron chi connectivity index (χ2n) is 4.45. The van der Waals surface area contributed by atoms with Crippen LogP contribution in [0.4, 0.5) is 0 Å². The van der Waals surface area contributed by atoms with E-state index < -0.39 is 0 Å². The summed E-state index contributed by atoms with van der Waals surface area (Å²) in [6.07, 6.45) is 4.80. The number of aliphatic hydroxyl groups is 1. The Morgan fingerprint density at radius 3 is 3.12 bits per heavy atom. The van der Waals surface area contributed by atoms with Crippen molar-refractivity contribution < 1.29 is 9.84 Å². The van der Waals surface area contributed by atoms with E-state index in [1.165, 1.54) is 5.56 Å². The van der Waals surface area contributed by atoms with Crippen LogP contribution >= 0.6 is 0 Å². The first-order valence-corrected chi connectivity index (χ1v) is 6.25. The molecule has 0 radical (unpaired) electrons. The lowest BCUT2D eigenvalue weighted by Gasteiger charge is -2.22. The Hall–Kier alpha value is -1.02. The number of aryl methyl sites for hydroxylation is 1. The summed E-state index contributed by atoms with van der Waals surface area (Å²) in [6.45, 7) is 2.92. The average molecular weight is 220 g/mol. The Balaban J connectivity index is 2.19. The maximum atomic E-state index is 10.1. The number of ether oxygens (including phenoxy) is 1. The van der Waals surface area contributed by atoms with Crippen molar-refractivity contribution in [3.8, 4) is 5.75 Å². The maximum absolute atomic E-state index is 10.1. The summed E-state index contributed by atoms with van der Waals surface area (Å²) in [5.41, 5.74) is 2.23. The van der Waals surface area contributed by atoms with Crippen molar-refractivity contribution in [3.63, 3.8) is 0 Å². The van der Waals surface area contributed by atoms with E-state index in [9.17, 15) is 5.11 Å². The quantitative estimate of drug-likeness (QED) is 0.844. The summed E-state index contributed by atoms with van der Waals surface area (Å²) >= 11 is 0. The molecule has 1 aromatic rings. The lowest BCUT2D eigenvalue weighted by atomic mass is 9.97. The minimum Gasteiger partial charge on any atom is -0.493 e. The molecule has 2 nitrogen and oxygen atoms in total. The molecule has 2 rings (SSSR count). The lowest BCUT2D eigenvalue weighted by molar-refractivity contribution is 0.156. The number of hydrogen-bond donors (Lipinski definition) is 1. The molecule has 16 heavy (non-hydrogen) atoms. The first kappa shape index (κ1) is 11.5. The van der Waals surface area contributed by atoms with Crippen molar-refractivity contribution in [1.29, 1.82) is 0 Å². The molecular formula is C14H20O2. The zero-order valence-corrected chi connectivity index (χ0v) is 9.91. The van der Waals surface area contributed by atoms with Gasteiger partial charge < -0.3 is 9.84 Å². The summed E-state index contributed by atoms with van der Waals surface area (Å²) in [7, 11) is 0. The van der Waals surface area contributed by atoms with Crippen LogP contribution in [0.2, 0.25) is 0 Å². The second kappa shape index (κ2) is 5.35. The molecule has 0 fully saturated rings. The standard InChI is InChI=1S/C14H20O2/c1-2-3-9-13(15)12-8-4-6-11-7-5-10-16-14(11)12/h4,6,8,13,15H,2-3,5,7,9-10H2,1H3. The number of fused-ring (bicyclic) bond motifs is 1. The van der Waals surface area contributed by atoms with Crippen LogP contribution in [-0.4, -0.2) is 11.7 Å². The molecule has 0 saturated carbocycles. The molecule has 1 aliphatic rings. The molecule has 0 bridgehead atoms. The zero-order chi connectivity index (χ0) is 11.4. The van der Waals surface area contributed by atoms with E-state index in [0.717, 1.165) is 50.0 Å². The summed E-state index contributed by atoms with van der Waals surface area (Å²) in [5, 5.41) is 10.1. The minimum absolute atomic E-state index is 0.368. The third kappa shape index (κ3) is 2.38. The smallest absolute Gasteiger partial charge is 0.128 e. The highest BCUT2D eigenvalue weighted by Gasteiger charge is 2.18. The van der Waals surface area contributed by atoms with E-state index >= 15 is 0 Å². The van der Waals surface area contributed by atoms with E-state index in [1.807, 2.05) is 12.1 Å². The molecule has 0 aliphatic carbocycles. The fourth-order valence-electron chi connectivity index (χ4n) is 2.23. The first-order valence-electron chi connectivity index (χ1n) is 6.25. The molecule has 1 heterocycles. The Morgan fingerprint density at radius 1 is 1.44 bits per heavy atom. The molecule has 88 valence electrons. The number of para-hydroxylation sites is 1. The molecule has 0 amide bonds. The predicted molar refractivity (Wildman–Crippen MR) is 64.7 cm³/mol. The van der Waals surface area contributed by atoms with Gasteiger partial charge in [-0.25, -0.2) is 0 Å². The third-order valence-electron chi connectivity index (χ3n) is 3.15. The van der Waals surface area contributed by atoms with Crippen LogP contribution < -0.4 is 4.74 Å². The summed E-state index contributed by atoms with van der Waals surface area (Å²) in [5.74, 6) is 0.942. The fourth-order valence-corrected chi connectivity index (χ4v) is 2.23. The van der Waals surface area contributed by atoms with Crippen LogP contribution in [0.5, 0.6) is 5.75 Å². The normalized spacial score (nSPS) is 16.4. The van der Waals surface area contributed by atoms with Gasteiger partial charge in [0.15, 0.2) is 0 Å². The monoisotopic (exact) mass is 220 g/mol. The molecule has 0 saturated heterocycles. The molecule has 1 aromatic carbocycles. The van der Waals surface area contributed by atoms with E-state index in [4.69, 9.17) is 4.74 Å². The van der Waals surface area contributed by atoms with Crippen LogP contribution in [0.25, 0.3) is 0 Å². The van der Waals surface area contributed by atoms with Crippen LogP contribution in [-0.2, 0) is 6.42 Å². The summed E-state index contributed by atoms with van der Waals surface area (Å²) < 4.78 is 5.70. The van der Waals surface area contributed by atoms with E-state index in [1.54, 1.807) is 0 Å². The number of aliphatic hydroxyl groups excluding tert-OH is 1. The van der Waals surface area contributed by atoms with Crippen LogP contribution in [0.15, 0.2) is 18.2 Å². The third-order valence-corrected chi connectivity index (χ3v) is 3.15. The number of rotatable bonds is 4. The van der Waals surface area contributed by atoms with Gasteiger partial charge >= 0.3 is 0 Å². The molecule has 2 heteroatoms. The largest absolute Gasteiger partial charge is 0.493 e. The van der Waals surface area contributed by atoms with Crippen LogP contribution in [0.1, 0.15) is 49.8 Å². The number of benzene rings is 1. The topological polar surface area (TPSA) is 29.5 Å². The molecule has 1 unspecified atom stereocenters. The molecular weight excluding hydrogens is 200 g/mol. The Labute approximate surface area is 97.3 Å². The summed E-state index contributed by atoms with van der Waals surface area (Å²) in [4.78, 5) is 0. The van der Waals surface area contributed by atoms with Crippen molar-refractivity contribution >= 4 is 0 Å². The number of unbranched alkanes of at least 4 members (excludes halogenated alkanes) is 1. The van der Waals surface area contributed by atoms with Crippen LogP contribution in [0, 0.1) is 0 Å². The zero-order valence-electron chi connectivity index (χ0n) is 9.91. The fraction of sp³-hybridized carbons (Fsp3) is 0.571. The van der Waals surface area contributed by atoms with Gasteiger partial charge in [-0.3, -0.25) is 0 Å². The molecule has 0 aromatic heterocycles. The van der Waals surface area contributed by atoms with Gasteiger partial charge in [-0.1, -0.05) is 38.0 Å². The number of hydrogen-bond acceptors (Lipinski definition) is 2. The van der Waals surface area contributed by atoms with Crippen molar-refractivity contribution in [1.82, 2.24) is 0 Å². The summed E-state index contributed by atoms with van der Waals surface area (Å²) in [6, 6.07) is 6.12. The van der Waals surface area contributed by atoms with Gasteiger partial charge in [0.25, 0.3) is 0 Å². The van der Waals surface area contributed by atoms with Gasteiger partial charge in [0.05, 0.1) is 12.7 Å². The average Bonchev–Trinajstić information content (AvgIpc) is 2.35. The molecule has 1 N–H and O–H groups in total. The van der Waals surface area contributed by atoms with Crippen molar-refractivity contribution in [3.05, 3.63) is 29.3 Å². The van der Waals surface area contributed by atoms with Crippen molar-refractivity contribution in [2.75, 3.05) is 6.61 Å². The molecule has 1 atom stereocenters. The van der Waals surface area contributed by atoms with Gasteiger partial charge in [-0.05, 0) is 24.8 Å². The minimum atomic E-state index is -0.368. The van der Waals surface area contributed by atoms with Gasteiger partial charge in [-0.2, -0.15) is 0 Å². The van der Waals surface area contributed by atoms with Gasteiger partial charge in [0.2, 0.25) is 0 Å².